The lowest BCUT2D eigenvalue weighted by Crippen LogP contribution is -2.34. The molecule has 100 valence electrons. The fraction of sp³-hybridized carbons (Fsp3) is 0.462. The van der Waals surface area contributed by atoms with Crippen LogP contribution in [0, 0.1) is 0 Å². The van der Waals surface area contributed by atoms with E-state index in [2.05, 4.69) is 0 Å². The van der Waals surface area contributed by atoms with Crippen molar-refractivity contribution in [1.29, 1.82) is 0 Å². The van der Waals surface area contributed by atoms with E-state index in [1.54, 1.807) is 19.1 Å². The largest absolute Gasteiger partial charge is 0.496 e. The van der Waals surface area contributed by atoms with Gasteiger partial charge in [0.2, 0.25) is 5.91 Å². The number of alkyl halides is 1. The Hall–Kier alpha value is -1.26. The third kappa shape index (κ3) is 4.20. The Morgan fingerprint density at radius 1 is 1.33 bits per heavy atom. The minimum Gasteiger partial charge on any atom is -0.496 e. The van der Waals surface area contributed by atoms with Gasteiger partial charge in [0.1, 0.15) is 11.6 Å². The lowest BCUT2D eigenvalue weighted by Gasteiger charge is -2.22. The van der Waals surface area contributed by atoms with Crippen molar-refractivity contribution in [2.45, 2.75) is 6.54 Å². The first-order valence-corrected chi connectivity index (χ1v) is 6.21. The summed E-state index contributed by atoms with van der Waals surface area (Å²) >= 11 is 5.60. The van der Waals surface area contributed by atoms with Gasteiger partial charge in [0.05, 0.1) is 13.7 Å². The quantitative estimate of drug-likeness (QED) is 0.711. The van der Waals surface area contributed by atoms with Gasteiger partial charge in [0.15, 0.2) is 0 Å². The van der Waals surface area contributed by atoms with Crippen molar-refractivity contribution in [3.8, 4) is 5.75 Å². The second-order valence-electron chi connectivity index (χ2n) is 3.75. The molecule has 1 amide bonds. The van der Waals surface area contributed by atoms with Crippen LogP contribution >= 0.6 is 11.6 Å². The first-order valence-electron chi connectivity index (χ1n) is 5.67. The number of amides is 1. The molecule has 0 unspecified atom stereocenters. The highest BCUT2D eigenvalue weighted by atomic mass is 35.5. The maximum Gasteiger partial charge on any atom is 0.237 e. The van der Waals surface area contributed by atoms with Crippen molar-refractivity contribution in [3.05, 3.63) is 29.8 Å². The molecule has 18 heavy (non-hydrogen) atoms. The molecule has 1 aromatic carbocycles. The van der Waals surface area contributed by atoms with Gasteiger partial charge in [-0.15, -0.1) is 11.6 Å². The van der Waals surface area contributed by atoms with Crippen LogP contribution in [0.2, 0.25) is 0 Å². The van der Waals surface area contributed by atoms with Gasteiger partial charge in [-0.1, -0.05) is 18.2 Å². The fourth-order valence-corrected chi connectivity index (χ4v) is 1.79. The minimum atomic E-state index is -0.111. The van der Waals surface area contributed by atoms with Gasteiger partial charge in [0.25, 0.3) is 0 Å². The second kappa shape index (κ2) is 7.95. The molecule has 0 radical (unpaired) electrons. The van der Waals surface area contributed by atoms with Crippen LogP contribution in [0.5, 0.6) is 5.75 Å². The molecule has 0 atom stereocenters. The molecule has 0 aliphatic carbocycles. The number of halogens is 1. The van der Waals surface area contributed by atoms with Crippen LogP contribution in [0.3, 0.4) is 0 Å². The summed E-state index contributed by atoms with van der Waals surface area (Å²) in [5, 5.41) is 0. The van der Waals surface area contributed by atoms with Gasteiger partial charge in [-0.25, -0.2) is 0 Å². The molecule has 0 saturated carbocycles. The fourth-order valence-electron chi connectivity index (χ4n) is 1.62. The first kappa shape index (κ1) is 14.8. The number of methoxy groups -OCH3 is 2. The van der Waals surface area contributed by atoms with Crippen molar-refractivity contribution in [1.82, 2.24) is 4.90 Å². The monoisotopic (exact) mass is 271 g/mol. The van der Waals surface area contributed by atoms with Crippen molar-refractivity contribution in [2.24, 2.45) is 0 Å². The van der Waals surface area contributed by atoms with Crippen LogP contribution in [0.25, 0.3) is 0 Å². The summed E-state index contributed by atoms with van der Waals surface area (Å²) in [7, 11) is 3.22. The molecule has 0 saturated heterocycles. The Bertz CT molecular complexity index is 384. The Morgan fingerprint density at radius 2 is 2.06 bits per heavy atom. The van der Waals surface area contributed by atoms with Crippen LogP contribution in [-0.2, 0) is 16.1 Å². The average molecular weight is 272 g/mol. The number of benzene rings is 1. The highest BCUT2D eigenvalue weighted by molar-refractivity contribution is 6.27. The average Bonchev–Trinajstić information content (AvgIpc) is 2.42. The number of para-hydroxylation sites is 1. The van der Waals surface area contributed by atoms with Crippen LogP contribution in [0.15, 0.2) is 24.3 Å². The minimum absolute atomic E-state index is 0.0289. The number of carbonyl (C=O) groups excluding carboxylic acids is 1. The molecular formula is C13H18ClNO3. The summed E-state index contributed by atoms with van der Waals surface area (Å²) in [4.78, 5) is 13.4. The Morgan fingerprint density at radius 3 is 2.67 bits per heavy atom. The first-order chi connectivity index (χ1) is 8.72. The SMILES string of the molecule is COCCN(Cc1ccccc1OC)C(=O)CCl. The van der Waals surface area contributed by atoms with Crippen LogP contribution in [0.4, 0.5) is 0 Å². The molecular weight excluding hydrogens is 254 g/mol. The zero-order valence-corrected chi connectivity index (χ0v) is 11.4. The van der Waals surface area contributed by atoms with Crippen LogP contribution in [0.1, 0.15) is 5.56 Å². The van der Waals surface area contributed by atoms with Crippen LogP contribution in [-0.4, -0.2) is 44.1 Å². The Labute approximate surface area is 112 Å². The molecule has 5 heteroatoms. The number of ether oxygens (including phenoxy) is 2. The molecule has 1 rings (SSSR count). The summed E-state index contributed by atoms with van der Waals surface area (Å²) in [5.74, 6) is 0.626. The van der Waals surface area contributed by atoms with Gasteiger partial charge in [0, 0.05) is 25.8 Å². The van der Waals surface area contributed by atoms with E-state index in [1.165, 1.54) is 0 Å². The normalized spacial score (nSPS) is 10.2. The highest BCUT2D eigenvalue weighted by Gasteiger charge is 2.14. The summed E-state index contributed by atoms with van der Waals surface area (Å²) in [5.41, 5.74) is 0.953. The zero-order valence-electron chi connectivity index (χ0n) is 10.7. The van der Waals surface area contributed by atoms with Gasteiger partial charge >= 0.3 is 0 Å². The lowest BCUT2D eigenvalue weighted by molar-refractivity contribution is -0.129. The molecule has 0 fully saturated rings. The van der Waals surface area contributed by atoms with Gasteiger partial charge < -0.3 is 14.4 Å². The zero-order chi connectivity index (χ0) is 13.4. The smallest absolute Gasteiger partial charge is 0.237 e. The molecule has 0 N–H and O–H groups in total. The molecule has 0 aliphatic heterocycles. The van der Waals surface area contributed by atoms with E-state index in [0.29, 0.717) is 19.7 Å². The van der Waals surface area contributed by atoms with Gasteiger partial charge in [-0.2, -0.15) is 0 Å². The molecule has 0 aliphatic rings. The maximum absolute atomic E-state index is 11.7. The molecule has 4 nitrogen and oxygen atoms in total. The van der Waals surface area contributed by atoms with E-state index in [-0.39, 0.29) is 11.8 Å². The van der Waals surface area contributed by atoms with Crippen molar-refractivity contribution >= 4 is 17.5 Å². The number of nitrogens with zero attached hydrogens (tertiary/aromatic N) is 1. The van der Waals surface area contributed by atoms with E-state index in [4.69, 9.17) is 21.1 Å². The van der Waals surface area contributed by atoms with E-state index >= 15 is 0 Å². The predicted octanol–water partition coefficient (Wildman–Crippen LogP) is 1.91. The molecule has 0 bridgehead atoms. The third-order valence-corrected chi connectivity index (χ3v) is 2.81. The summed E-state index contributed by atoms with van der Waals surface area (Å²) in [6, 6.07) is 7.61. The molecule has 0 heterocycles. The molecule has 1 aromatic rings. The third-order valence-electron chi connectivity index (χ3n) is 2.59. The number of hydrogen-bond acceptors (Lipinski definition) is 3. The van der Waals surface area contributed by atoms with Crippen molar-refractivity contribution in [3.63, 3.8) is 0 Å². The Kier molecular flexibility index (Phi) is 6.54. The highest BCUT2D eigenvalue weighted by Crippen LogP contribution is 2.19. The second-order valence-corrected chi connectivity index (χ2v) is 4.02. The maximum atomic E-state index is 11.7. The van der Waals surface area contributed by atoms with E-state index < -0.39 is 0 Å². The number of carbonyl (C=O) groups is 1. The predicted molar refractivity (Wildman–Crippen MR) is 71.0 cm³/mol. The molecule has 0 aromatic heterocycles. The topological polar surface area (TPSA) is 38.8 Å². The van der Waals surface area contributed by atoms with Crippen LogP contribution < -0.4 is 4.74 Å². The number of hydrogen-bond donors (Lipinski definition) is 0. The lowest BCUT2D eigenvalue weighted by atomic mass is 10.2. The van der Waals surface area contributed by atoms with Crippen molar-refractivity contribution in [2.75, 3.05) is 33.3 Å². The summed E-state index contributed by atoms with van der Waals surface area (Å²) in [6.45, 7) is 1.47. The molecule has 0 spiro atoms. The Balaban J connectivity index is 2.78. The van der Waals surface area contributed by atoms with E-state index in [9.17, 15) is 4.79 Å². The van der Waals surface area contributed by atoms with Gasteiger partial charge in [-0.05, 0) is 6.07 Å². The number of rotatable bonds is 7. The van der Waals surface area contributed by atoms with Gasteiger partial charge in [-0.3, -0.25) is 4.79 Å². The van der Waals surface area contributed by atoms with E-state index in [0.717, 1.165) is 11.3 Å². The van der Waals surface area contributed by atoms with E-state index in [1.807, 2.05) is 24.3 Å². The summed E-state index contributed by atoms with van der Waals surface area (Å²) in [6.07, 6.45) is 0. The summed E-state index contributed by atoms with van der Waals surface area (Å²) < 4.78 is 10.3. The van der Waals surface area contributed by atoms with Crippen molar-refractivity contribution < 1.29 is 14.3 Å². The standard InChI is InChI=1S/C13H18ClNO3/c1-17-8-7-15(13(16)9-14)10-11-5-3-4-6-12(11)18-2/h3-6H,7-10H2,1-2H3.